The van der Waals surface area contributed by atoms with Crippen LogP contribution in [0.1, 0.15) is 0 Å². The smallest absolute Gasteiger partial charge is 0.229 e. The first-order valence-electron chi connectivity index (χ1n) is 6.89. The van der Waals surface area contributed by atoms with E-state index in [2.05, 4.69) is 20.6 Å². The molecule has 0 aliphatic rings. The van der Waals surface area contributed by atoms with Crippen molar-refractivity contribution in [3.63, 3.8) is 0 Å². The summed E-state index contributed by atoms with van der Waals surface area (Å²) in [5, 5.41) is 5.24. The summed E-state index contributed by atoms with van der Waals surface area (Å²) < 4.78 is 53.0. The fourth-order valence-corrected chi connectivity index (χ4v) is 2.13. The standard InChI is InChI=1S/C16H9ClF4N4/c17-9-7-8(1-2-10(9)18)23-16-22-6-5-13(25-16)24-12-4-3-11(19)14(20)15(12)21/h1-7H,(H2,22,23,24,25). The molecule has 3 rings (SSSR count). The largest absolute Gasteiger partial charge is 0.338 e. The Hall–Kier alpha value is -2.87. The molecule has 2 N–H and O–H groups in total. The number of hydrogen-bond acceptors (Lipinski definition) is 4. The monoisotopic (exact) mass is 368 g/mol. The van der Waals surface area contributed by atoms with Crippen LogP contribution in [-0.2, 0) is 0 Å². The summed E-state index contributed by atoms with van der Waals surface area (Å²) in [5.74, 6) is -4.57. The van der Waals surface area contributed by atoms with Crippen molar-refractivity contribution in [2.45, 2.75) is 0 Å². The molecule has 128 valence electrons. The van der Waals surface area contributed by atoms with E-state index < -0.39 is 23.3 Å². The van der Waals surface area contributed by atoms with Gasteiger partial charge in [0.2, 0.25) is 5.95 Å². The van der Waals surface area contributed by atoms with Crippen molar-refractivity contribution >= 4 is 34.7 Å². The Labute approximate surface area is 144 Å². The number of aromatic nitrogens is 2. The molecule has 0 amide bonds. The van der Waals surface area contributed by atoms with E-state index in [4.69, 9.17) is 11.6 Å². The lowest BCUT2D eigenvalue weighted by molar-refractivity contribution is 0.449. The quantitative estimate of drug-likeness (QED) is 0.492. The minimum absolute atomic E-state index is 0.0804. The lowest BCUT2D eigenvalue weighted by Crippen LogP contribution is -2.03. The molecule has 2 aromatic carbocycles. The summed E-state index contributed by atoms with van der Waals surface area (Å²) in [4.78, 5) is 8.01. The van der Waals surface area contributed by atoms with E-state index in [0.717, 1.165) is 12.1 Å². The zero-order valence-corrected chi connectivity index (χ0v) is 13.1. The molecule has 1 aromatic heterocycles. The molecule has 0 spiro atoms. The molecule has 0 unspecified atom stereocenters. The number of halogens is 5. The maximum atomic E-state index is 13.7. The Kier molecular flexibility index (Phi) is 4.71. The van der Waals surface area contributed by atoms with Crippen LogP contribution in [0.4, 0.5) is 40.7 Å². The van der Waals surface area contributed by atoms with E-state index in [0.29, 0.717) is 5.69 Å². The molecule has 0 fully saturated rings. The molecule has 25 heavy (non-hydrogen) atoms. The van der Waals surface area contributed by atoms with Crippen molar-refractivity contribution in [1.29, 1.82) is 0 Å². The van der Waals surface area contributed by atoms with Gasteiger partial charge in [-0.15, -0.1) is 0 Å². The van der Waals surface area contributed by atoms with Gasteiger partial charge in [-0.25, -0.2) is 22.5 Å². The molecule has 0 saturated heterocycles. The Balaban J connectivity index is 1.82. The topological polar surface area (TPSA) is 49.8 Å². The third kappa shape index (κ3) is 3.80. The normalized spacial score (nSPS) is 10.6. The van der Waals surface area contributed by atoms with Gasteiger partial charge < -0.3 is 10.6 Å². The molecule has 4 nitrogen and oxygen atoms in total. The molecule has 0 aliphatic heterocycles. The summed E-state index contributed by atoms with van der Waals surface area (Å²) in [5.41, 5.74) is 0.149. The molecule has 1 heterocycles. The van der Waals surface area contributed by atoms with Crippen molar-refractivity contribution in [3.8, 4) is 0 Å². The minimum Gasteiger partial charge on any atom is -0.338 e. The van der Waals surface area contributed by atoms with Gasteiger partial charge in [-0.05, 0) is 36.4 Å². The van der Waals surface area contributed by atoms with Crippen LogP contribution in [0.2, 0.25) is 5.02 Å². The maximum absolute atomic E-state index is 13.7. The van der Waals surface area contributed by atoms with Gasteiger partial charge in [-0.1, -0.05) is 11.6 Å². The molecular formula is C16H9ClF4N4. The van der Waals surface area contributed by atoms with Crippen LogP contribution < -0.4 is 10.6 Å². The van der Waals surface area contributed by atoms with Crippen LogP contribution in [0.3, 0.4) is 0 Å². The van der Waals surface area contributed by atoms with Gasteiger partial charge in [-0.3, -0.25) is 0 Å². The zero-order chi connectivity index (χ0) is 18.0. The van der Waals surface area contributed by atoms with Crippen LogP contribution in [0.15, 0.2) is 42.6 Å². The van der Waals surface area contributed by atoms with E-state index in [9.17, 15) is 17.6 Å². The Morgan fingerprint density at radius 1 is 0.840 bits per heavy atom. The number of nitrogens with one attached hydrogen (secondary N) is 2. The molecule has 0 bridgehead atoms. The number of anilines is 4. The minimum atomic E-state index is -1.58. The highest BCUT2D eigenvalue weighted by Gasteiger charge is 2.14. The average molecular weight is 369 g/mol. The van der Waals surface area contributed by atoms with Crippen LogP contribution in [-0.4, -0.2) is 9.97 Å². The first-order chi connectivity index (χ1) is 11.9. The lowest BCUT2D eigenvalue weighted by Gasteiger charge is -2.10. The number of benzene rings is 2. The van der Waals surface area contributed by atoms with E-state index in [1.165, 1.54) is 30.5 Å². The van der Waals surface area contributed by atoms with Crippen molar-refractivity contribution in [3.05, 3.63) is 70.9 Å². The van der Waals surface area contributed by atoms with E-state index in [1.54, 1.807) is 0 Å². The summed E-state index contributed by atoms with van der Waals surface area (Å²) in [6, 6.07) is 7.19. The molecular weight excluding hydrogens is 360 g/mol. The van der Waals surface area contributed by atoms with Crippen LogP contribution in [0, 0.1) is 23.3 Å². The summed E-state index contributed by atoms with van der Waals surface area (Å²) in [6.45, 7) is 0. The summed E-state index contributed by atoms with van der Waals surface area (Å²) in [7, 11) is 0. The Bertz CT molecular complexity index is 936. The van der Waals surface area contributed by atoms with Gasteiger partial charge in [0, 0.05) is 11.9 Å². The fraction of sp³-hybridized carbons (Fsp3) is 0. The molecule has 9 heteroatoms. The summed E-state index contributed by atoms with van der Waals surface area (Å²) in [6.07, 6.45) is 1.36. The van der Waals surface area contributed by atoms with Gasteiger partial charge in [-0.2, -0.15) is 4.98 Å². The number of rotatable bonds is 4. The van der Waals surface area contributed by atoms with E-state index in [-0.39, 0.29) is 22.5 Å². The van der Waals surface area contributed by atoms with E-state index >= 15 is 0 Å². The number of nitrogens with zero attached hydrogens (tertiary/aromatic N) is 2. The average Bonchev–Trinajstić information content (AvgIpc) is 2.59. The maximum Gasteiger partial charge on any atom is 0.229 e. The Morgan fingerprint density at radius 3 is 2.36 bits per heavy atom. The molecule has 0 aliphatic carbocycles. The van der Waals surface area contributed by atoms with Gasteiger partial charge in [0.1, 0.15) is 11.6 Å². The third-order valence-electron chi connectivity index (χ3n) is 3.13. The van der Waals surface area contributed by atoms with Gasteiger partial charge >= 0.3 is 0 Å². The Morgan fingerprint density at radius 2 is 1.60 bits per heavy atom. The number of hydrogen-bond donors (Lipinski definition) is 2. The molecule has 0 saturated carbocycles. The summed E-state index contributed by atoms with van der Waals surface area (Å²) >= 11 is 5.69. The van der Waals surface area contributed by atoms with Crippen molar-refractivity contribution in [2.75, 3.05) is 10.6 Å². The van der Waals surface area contributed by atoms with Crippen molar-refractivity contribution in [2.24, 2.45) is 0 Å². The molecule has 0 radical (unpaired) electrons. The van der Waals surface area contributed by atoms with Gasteiger partial charge in [0.05, 0.1) is 10.7 Å². The first-order valence-corrected chi connectivity index (χ1v) is 7.27. The molecule has 0 atom stereocenters. The zero-order valence-electron chi connectivity index (χ0n) is 12.3. The highest BCUT2D eigenvalue weighted by molar-refractivity contribution is 6.31. The first kappa shape index (κ1) is 17.0. The highest BCUT2D eigenvalue weighted by atomic mass is 35.5. The molecule has 3 aromatic rings. The van der Waals surface area contributed by atoms with Gasteiger partial charge in [0.25, 0.3) is 0 Å². The van der Waals surface area contributed by atoms with Crippen LogP contribution in [0.5, 0.6) is 0 Å². The predicted molar refractivity (Wildman–Crippen MR) is 86.3 cm³/mol. The van der Waals surface area contributed by atoms with Gasteiger partial charge in [0.15, 0.2) is 17.5 Å². The second kappa shape index (κ2) is 6.94. The lowest BCUT2D eigenvalue weighted by atomic mass is 10.3. The fourth-order valence-electron chi connectivity index (χ4n) is 1.95. The predicted octanol–water partition coefficient (Wildman–Crippen LogP) is 5.17. The highest BCUT2D eigenvalue weighted by Crippen LogP contribution is 2.24. The second-order valence-electron chi connectivity index (χ2n) is 4.87. The third-order valence-corrected chi connectivity index (χ3v) is 3.42. The SMILES string of the molecule is Fc1ccc(Nc2nccc(Nc3ccc(F)c(F)c3F)n2)cc1Cl. The van der Waals surface area contributed by atoms with Crippen molar-refractivity contribution < 1.29 is 17.6 Å². The van der Waals surface area contributed by atoms with Crippen molar-refractivity contribution in [1.82, 2.24) is 9.97 Å². The van der Waals surface area contributed by atoms with Crippen LogP contribution >= 0.6 is 11.6 Å². The second-order valence-corrected chi connectivity index (χ2v) is 5.27. The van der Waals surface area contributed by atoms with E-state index in [1.807, 2.05) is 0 Å². The van der Waals surface area contributed by atoms with Crippen LogP contribution in [0.25, 0.3) is 0 Å².